The van der Waals surface area contributed by atoms with E-state index in [2.05, 4.69) is 0 Å². The van der Waals surface area contributed by atoms with Crippen LogP contribution in [0.2, 0.25) is 0 Å². The van der Waals surface area contributed by atoms with E-state index in [1.165, 1.54) is 0 Å². The molecule has 0 aliphatic carbocycles. The smallest absolute Gasteiger partial charge is 0.344 e. The highest BCUT2D eigenvalue weighted by atomic mass is 16.5. The maximum Gasteiger partial charge on any atom is 0.344 e. The molecule has 0 aliphatic heterocycles. The summed E-state index contributed by atoms with van der Waals surface area (Å²) in [7, 11) is 1.57. The van der Waals surface area contributed by atoms with Crippen molar-refractivity contribution in [3.63, 3.8) is 0 Å². The van der Waals surface area contributed by atoms with Crippen molar-refractivity contribution >= 4 is 21.7 Å². The summed E-state index contributed by atoms with van der Waals surface area (Å²) in [4.78, 5) is 12.3. The Morgan fingerprint density at radius 3 is 2.40 bits per heavy atom. The largest absolute Gasteiger partial charge is 0.497 e. The Hall–Kier alpha value is -3.27. The number of rotatable bonds is 4. The molecule has 0 saturated carbocycles. The van der Waals surface area contributed by atoms with E-state index in [0.717, 1.165) is 16.3 Å². The van der Waals surface area contributed by atoms with Gasteiger partial charge >= 0.3 is 5.63 Å². The first kappa shape index (κ1) is 15.3. The highest BCUT2D eigenvalue weighted by molar-refractivity contribution is 6.04. The van der Waals surface area contributed by atoms with E-state index < -0.39 is 0 Å². The average molecular weight is 332 g/mol. The summed E-state index contributed by atoms with van der Waals surface area (Å²) in [6.45, 7) is 0.460. The molecule has 0 atom stereocenters. The van der Waals surface area contributed by atoms with Crippen LogP contribution < -0.4 is 15.1 Å². The van der Waals surface area contributed by atoms with Gasteiger partial charge in [0.2, 0.25) is 0 Å². The van der Waals surface area contributed by atoms with Gasteiger partial charge in [-0.05, 0) is 35.9 Å². The van der Waals surface area contributed by atoms with Crippen molar-refractivity contribution in [2.45, 2.75) is 6.61 Å². The lowest BCUT2D eigenvalue weighted by Gasteiger charge is -2.08. The van der Waals surface area contributed by atoms with Crippen molar-refractivity contribution in [3.8, 4) is 11.5 Å². The minimum absolute atomic E-state index is 0.387. The molecule has 0 saturated heterocycles. The molecular weight excluding hydrogens is 316 g/mol. The minimum Gasteiger partial charge on any atom is -0.497 e. The fourth-order valence-electron chi connectivity index (χ4n) is 2.85. The van der Waals surface area contributed by atoms with Crippen LogP contribution in [0.25, 0.3) is 21.7 Å². The molecule has 4 nitrogen and oxygen atoms in total. The maximum atomic E-state index is 12.3. The van der Waals surface area contributed by atoms with E-state index in [1.54, 1.807) is 19.2 Å². The molecule has 0 amide bonds. The fraction of sp³-hybridized carbons (Fsp3) is 0.0952. The maximum absolute atomic E-state index is 12.3. The molecule has 1 heterocycles. The summed E-state index contributed by atoms with van der Waals surface area (Å²) in [6.07, 6.45) is 0. The number of hydrogen-bond donors (Lipinski definition) is 0. The van der Waals surface area contributed by atoms with Gasteiger partial charge in [-0.3, -0.25) is 0 Å². The van der Waals surface area contributed by atoms with Crippen LogP contribution in [0.5, 0.6) is 11.5 Å². The summed E-state index contributed by atoms with van der Waals surface area (Å²) in [5.74, 6) is 1.29. The van der Waals surface area contributed by atoms with Crippen LogP contribution in [-0.2, 0) is 6.61 Å². The first-order valence-electron chi connectivity index (χ1n) is 7.96. The van der Waals surface area contributed by atoms with E-state index in [-0.39, 0.29) is 5.63 Å². The van der Waals surface area contributed by atoms with E-state index >= 15 is 0 Å². The van der Waals surface area contributed by atoms with Crippen molar-refractivity contribution in [2.75, 3.05) is 7.11 Å². The van der Waals surface area contributed by atoms with Crippen LogP contribution in [0.1, 0.15) is 5.56 Å². The SMILES string of the molecule is COc1ccc2c(c1)c(=O)oc1cc(OCc3ccccc3)ccc12. The first-order valence-corrected chi connectivity index (χ1v) is 7.96. The van der Waals surface area contributed by atoms with Crippen molar-refractivity contribution in [1.82, 2.24) is 0 Å². The lowest BCUT2D eigenvalue weighted by atomic mass is 10.1. The molecule has 0 spiro atoms. The number of ether oxygens (including phenoxy) is 2. The standard InChI is InChI=1S/C21H16O4/c1-23-15-7-9-17-18-10-8-16(24-13-14-5-3-2-4-6-14)12-20(18)25-21(22)19(17)11-15/h2-12H,13H2,1H3. The number of methoxy groups -OCH3 is 1. The topological polar surface area (TPSA) is 48.7 Å². The van der Waals surface area contributed by atoms with Gasteiger partial charge in [0.1, 0.15) is 23.7 Å². The van der Waals surface area contributed by atoms with Gasteiger partial charge in [-0.25, -0.2) is 4.79 Å². The van der Waals surface area contributed by atoms with Gasteiger partial charge in [0.25, 0.3) is 0 Å². The molecule has 0 fully saturated rings. The molecule has 3 aromatic carbocycles. The molecule has 0 N–H and O–H groups in total. The number of benzene rings is 3. The highest BCUT2D eigenvalue weighted by Crippen LogP contribution is 2.28. The third-order valence-corrected chi connectivity index (χ3v) is 4.14. The molecule has 4 heteroatoms. The zero-order valence-electron chi connectivity index (χ0n) is 13.7. The number of fused-ring (bicyclic) bond motifs is 3. The molecule has 25 heavy (non-hydrogen) atoms. The summed E-state index contributed by atoms with van der Waals surface area (Å²) < 4.78 is 16.5. The van der Waals surface area contributed by atoms with Gasteiger partial charge < -0.3 is 13.9 Å². The van der Waals surface area contributed by atoms with Gasteiger partial charge in [0.15, 0.2) is 0 Å². The van der Waals surface area contributed by atoms with Crippen LogP contribution in [-0.4, -0.2) is 7.11 Å². The Bertz CT molecular complexity index is 1100. The third-order valence-electron chi connectivity index (χ3n) is 4.14. The predicted molar refractivity (Wildman–Crippen MR) is 97.3 cm³/mol. The van der Waals surface area contributed by atoms with E-state index in [1.807, 2.05) is 54.6 Å². The molecular formula is C21H16O4. The molecule has 1 aromatic heterocycles. The molecule has 0 bridgehead atoms. The second-order valence-electron chi connectivity index (χ2n) is 5.73. The second kappa shape index (κ2) is 6.32. The van der Waals surface area contributed by atoms with Gasteiger partial charge in [-0.15, -0.1) is 0 Å². The van der Waals surface area contributed by atoms with Crippen molar-refractivity contribution in [1.29, 1.82) is 0 Å². The Balaban J connectivity index is 1.73. The lowest BCUT2D eigenvalue weighted by Crippen LogP contribution is -2.01. The Morgan fingerprint density at radius 2 is 1.60 bits per heavy atom. The van der Waals surface area contributed by atoms with Crippen LogP contribution in [0.3, 0.4) is 0 Å². The Kier molecular flexibility index (Phi) is 3.86. The van der Waals surface area contributed by atoms with E-state index in [0.29, 0.717) is 29.1 Å². The Morgan fingerprint density at radius 1 is 0.840 bits per heavy atom. The zero-order valence-corrected chi connectivity index (χ0v) is 13.7. The van der Waals surface area contributed by atoms with Crippen LogP contribution in [0.4, 0.5) is 0 Å². The molecule has 0 radical (unpaired) electrons. The summed E-state index contributed by atoms with van der Waals surface area (Å²) in [5.41, 5.74) is 1.20. The van der Waals surface area contributed by atoms with Crippen molar-refractivity contribution in [3.05, 3.63) is 82.7 Å². The monoisotopic (exact) mass is 332 g/mol. The zero-order chi connectivity index (χ0) is 17.2. The molecule has 4 rings (SSSR count). The summed E-state index contributed by atoms with van der Waals surface area (Å²) in [5, 5.41) is 2.20. The van der Waals surface area contributed by atoms with E-state index in [9.17, 15) is 4.79 Å². The summed E-state index contributed by atoms with van der Waals surface area (Å²) in [6, 6.07) is 20.9. The van der Waals surface area contributed by atoms with Crippen molar-refractivity contribution < 1.29 is 13.9 Å². The van der Waals surface area contributed by atoms with E-state index in [4.69, 9.17) is 13.9 Å². The van der Waals surface area contributed by atoms with Crippen LogP contribution in [0, 0.1) is 0 Å². The Labute approximate surface area is 144 Å². The van der Waals surface area contributed by atoms with Crippen LogP contribution in [0.15, 0.2) is 75.9 Å². The van der Waals surface area contributed by atoms with Gasteiger partial charge in [0.05, 0.1) is 12.5 Å². The van der Waals surface area contributed by atoms with Gasteiger partial charge in [0, 0.05) is 16.8 Å². The lowest BCUT2D eigenvalue weighted by molar-refractivity contribution is 0.306. The normalized spacial score (nSPS) is 10.9. The van der Waals surface area contributed by atoms with Gasteiger partial charge in [-0.1, -0.05) is 30.3 Å². The molecule has 0 aliphatic rings. The van der Waals surface area contributed by atoms with Crippen molar-refractivity contribution in [2.24, 2.45) is 0 Å². The molecule has 124 valence electrons. The fourth-order valence-corrected chi connectivity index (χ4v) is 2.85. The predicted octanol–water partition coefficient (Wildman–Crippen LogP) is 4.53. The molecule has 4 aromatic rings. The average Bonchev–Trinajstić information content (AvgIpc) is 2.67. The van der Waals surface area contributed by atoms with Gasteiger partial charge in [-0.2, -0.15) is 0 Å². The second-order valence-corrected chi connectivity index (χ2v) is 5.73. The van der Waals surface area contributed by atoms with Crippen LogP contribution >= 0.6 is 0 Å². The quantitative estimate of drug-likeness (QED) is 0.407. The highest BCUT2D eigenvalue weighted by Gasteiger charge is 2.09. The number of hydrogen-bond acceptors (Lipinski definition) is 4. The summed E-state index contributed by atoms with van der Waals surface area (Å²) >= 11 is 0. The molecule has 0 unspecified atom stereocenters. The third kappa shape index (κ3) is 2.94. The first-order chi connectivity index (χ1) is 12.2. The minimum atomic E-state index is -0.387.